The van der Waals surface area contributed by atoms with E-state index in [2.05, 4.69) is 36.1 Å². The number of aromatic nitrogens is 2. The molecule has 2 heterocycles. The van der Waals surface area contributed by atoms with Crippen molar-refractivity contribution >= 4 is 11.6 Å². The molecule has 0 N–H and O–H groups in total. The van der Waals surface area contributed by atoms with Gasteiger partial charge in [-0.2, -0.15) is 4.98 Å². The number of aryl methyl sites for hydroxylation is 3. The maximum absolute atomic E-state index is 12.4. The fourth-order valence-electron chi connectivity index (χ4n) is 3.25. The molecule has 4 rings (SSSR count). The quantitative estimate of drug-likeness (QED) is 0.713. The van der Waals surface area contributed by atoms with Crippen LogP contribution in [0.3, 0.4) is 0 Å². The monoisotopic (exact) mass is 347 g/mol. The second-order valence-corrected chi connectivity index (χ2v) is 7.00. The van der Waals surface area contributed by atoms with E-state index in [9.17, 15) is 4.79 Å². The van der Waals surface area contributed by atoms with E-state index in [1.54, 1.807) is 4.90 Å². The summed E-state index contributed by atoms with van der Waals surface area (Å²) in [6, 6.07) is 14.1. The maximum Gasteiger partial charge on any atom is 0.232 e. The summed E-state index contributed by atoms with van der Waals surface area (Å²) < 4.78 is 5.48. The Labute approximate surface area is 152 Å². The van der Waals surface area contributed by atoms with Gasteiger partial charge in [0, 0.05) is 24.2 Å². The molecule has 0 saturated carbocycles. The second kappa shape index (κ2) is 6.41. The topological polar surface area (TPSA) is 59.2 Å². The van der Waals surface area contributed by atoms with Gasteiger partial charge in [0.05, 0.1) is 5.92 Å². The summed E-state index contributed by atoms with van der Waals surface area (Å²) in [6.07, 6.45) is 0.391. The number of benzene rings is 2. The van der Waals surface area contributed by atoms with Crippen molar-refractivity contribution in [3.8, 4) is 11.4 Å². The van der Waals surface area contributed by atoms with Crippen molar-refractivity contribution in [2.45, 2.75) is 33.1 Å². The molecular weight excluding hydrogens is 326 g/mol. The molecule has 1 aliphatic heterocycles. The highest BCUT2D eigenvalue weighted by Gasteiger charge is 2.35. The van der Waals surface area contributed by atoms with Crippen LogP contribution in [0, 0.1) is 20.8 Å². The van der Waals surface area contributed by atoms with E-state index in [-0.39, 0.29) is 11.8 Å². The Morgan fingerprint density at radius 2 is 1.81 bits per heavy atom. The van der Waals surface area contributed by atoms with Gasteiger partial charge in [-0.05, 0) is 50.1 Å². The zero-order chi connectivity index (χ0) is 18.3. The first-order valence-electron chi connectivity index (χ1n) is 8.79. The van der Waals surface area contributed by atoms with Crippen LogP contribution in [-0.2, 0) is 4.79 Å². The van der Waals surface area contributed by atoms with Gasteiger partial charge in [0.2, 0.25) is 17.6 Å². The Kier molecular flexibility index (Phi) is 4.07. The minimum Gasteiger partial charge on any atom is -0.339 e. The van der Waals surface area contributed by atoms with Crippen molar-refractivity contribution in [1.82, 2.24) is 10.1 Å². The molecule has 0 spiro atoms. The lowest BCUT2D eigenvalue weighted by atomic mass is 10.1. The molecule has 1 unspecified atom stereocenters. The molecule has 0 radical (unpaired) electrons. The van der Waals surface area contributed by atoms with Crippen LogP contribution >= 0.6 is 0 Å². The van der Waals surface area contributed by atoms with Crippen LogP contribution in [0.15, 0.2) is 47.0 Å². The molecule has 1 aliphatic rings. The van der Waals surface area contributed by atoms with Crippen LogP contribution in [0.1, 0.15) is 34.9 Å². The van der Waals surface area contributed by atoms with Gasteiger partial charge >= 0.3 is 0 Å². The Bertz CT molecular complexity index is 960. The van der Waals surface area contributed by atoms with Crippen molar-refractivity contribution in [1.29, 1.82) is 0 Å². The zero-order valence-electron chi connectivity index (χ0n) is 15.2. The molecule has 5 heteroatoms. The van der Waals surface area contributed by atoms with Gasteiger partial charge in [0.25, 0.3) is 0 Å². The molecule has 1 amide bonds. The highest BCUT2D eigenvalue weighted by Crippen LogP contribution is 2.32. The largest absolute Gasteiger partial charge is 0.339 e. The molecule has 0 aliphatic carbocycles. The standard InChI is InChI=1S/C21H21N3O2/c1-13-4-8-18(9-5-13)24-12-17(11-19(24)25)21-22-20(23-26-21)16-7-6-14(2)15(3)10-16/h4-10,17H,11-12H2,1-3H3. The normalized spacial score (nSPS) is 17.1. The van der Waals surface area contributed by atoms with Gasteiger partial charge in [0.1, 0.15) is 0 Å². The number of carbonyl (C=O) groups excluding carboxylic acids is 1. The number of hydrogen-bond donors (Lipinski definition) is 0. The number of rotatable bonds is 3. The van der Waals surface area contributed by atoms with E-state index >= 15 is 0 Å². The summed E-state index contributed by atoms with van der Waals surface area (Å²) in [5.74, 6) is 1.12. The molecule has 26 heavy (non-hydrogen) atoms. The smallest absolute Gasteiger partial charge is 0.232 e. The number of carbonyl (C=O) groups is 1. The Hall–Kier alpha value is -2.95. The van der Waals surface area contributed by atoms with Crippen LogP contribution in [0.5, 0.6) is 0 Å². The third-order valence-electron chi connectivity index (χ3n) is 5.03. The van der Waals surface area contributed by atoms with Crippen molar-refractivity contribution in [2.24, 2.45) is 0 Å². The highest BCUT2D eigenvalue weighted by molar-refractivity contribution is 5.96. The highest BCUT2D eigenvalue weighted by atomic mass is 16.5. The first kappa shape index (κ1) is 16.5. The van der Waals surface area contributed by atoms with Crippen LogP contribution in [-0.4, -0.2) is 22.6 Å². The number of nitrogens with zero attached hydrogens (tertiary/aromatic N) is 3. The third-order valence-corrected chi connectivity index (χ3v) is 5.03. The third kappa shape index (κ3) is 3.01. The maximum atomic E-state index is 12.4. The predicted molar refractivity (Wildman–Crippen MR) is 100 cm³/mol. The molecule has 132 valence electrons. The SMILES string of the molecule is Cc1ccc(N2CC(c3nc(-c4ccc(C)c(C)c4)no3)CC2=O)cc1. The molecule has 3 aromatic rings. The molecule has 1 fully saturated rings. The lowest BCUT2D eigenvalue weighted by molar-refractivity contribution is -0.117. The van der Waals surface area contributed by atoms with E-state index in [1.807, 2.05) is 37.3 Å². The van der Waals surface area contributed by atoms with Crippen LogP contribution in [0.4, 0.5) is 5.69 Å². The first-order valence-corrected chi connectivity index (χ1v) is 8.79. The first-order chi connectivity index (χ1) is 12.5. The van der Waals surface area contributed by atoms with Crippen molar-refractivity contribution < 1.29 is 9.32 Å². The lowest BCUT2D eigenvalue weighted by Crippen LogP contribution is -2.24. The van der Waals surface area contributed by atoms with Gasteiger partial charge in [0.15, 0.2) is 0 Å². The minimum atomic E-state index is -0.0726. The summed E-state index contributed by atoms with van der Waals surface area (Å²) in [4.78, 5) is 18.8. The molecule has 1 saturated heterocycles. The molecule has 1 atom stereocenters. The fourth-order valence-corrected chi connectivity index (χ4v) is 3.25. The molecule has 1 aromatic heterocycles. The Morgan fingerprint density at radius 1 is 1.04 bits per heavy atom. The molecule has 0 bridgehead atoms. The average molecular weight is 347 g/mol. The summed E-state index contributed by atoms with van der Waals surface area (Å²) >= 11 is 0. The van der Waals surface area contributed by atoms with E-state index in [1.165, 1.54) is 16.7 Å². The van der Waals surface area contributed by atoms with E-state index < -0.39 is 0 Å². The summed E-state index contributed by atoms with van der Waals surface area (Å²) in [5.41, 5.74) is 5.44. The molecule has 2 aromatic carbocycles. The molecule has 5 nitrogen and oxygen atoms in total. The van der Waals surface area contributed by atoms with Gasteiger partial charge in [-0.3, -0.25) is 4.79 Å². The summed E-state index contributed by atoms with van der Waals surface area (Å²) in [6.45, 7) is 6.74. The number of amides is 1. The van der Waals surface area contributed by atoms with Gasteiger partial charge in [-0.25, -0.2) is 0 Å². The molecular formula is C21H21N3O2. The van der Waals surface area contributed by atoms with Crippen LogP contribution in [0.25, 0.3) is 11.4 Å². The fraction of sp³-hybridized carbons (Fsp3) is 0.286. The van der Waals surface area contributed by atoms with Crippen LogP contribution < -0.4 is 4.90 Å². The van der Waals surface area contributed by atoms with Gasteiger partial charge in [-0.15, -0.1) is 0 Å². The van der Waals surface area contributed by atoms with Crippen molar-refractivity contribution in [3.05, 3.63) is 65.0 Å². The summed E-state index contributed by atoms with van der Waals surface area (Å²) in [5, 5.41) is 4.12. The van der Waals surface area contributed by atoms with E-state index in [0.29, 0.717) is 24.7 Å². The van der Waals surface area contributed by atoms with E-state index in [0.717, 1.165) is 11.3 Å². The van der Waals surface area contributed by atoms with Gasteiger partial charge < -0.3 is 9.42 Å². The van der Waals surface area contributed by atoms with Crippen molar-refractivity contribution in [2.75, 3.05) is 11.4 Å². The van der Waals surface area contributed by atoms with E-state index in [4.69, 9.17) is 4.52 Å². The predicted octanol–water partition coefficient (Wildman–Crippen LogP) is 4.18. The Balaban J connectivity index is 1.55. The van der Waals surface area contributed by atoms with Gasteiger partial charge in [-0.1, -0.05) is 35.0 Å². The average Bonchev–Trinajstić information content (AvgIpc) is 3.25. The Morgan fingerprint density at radius 3 is 2.54 bits per heavy atom. The second-order valence-electron chi connectivity index (χ2n) is 7.00. The lowest BCUT2D eigenvalue weighted by Gasteiger charge is -2.16. The zero-order valence-corrected chi connectivity index (χ0v) is 15.2. The summed E-state index contributed by atoms with van der Waals surface area (Å²) in [7, 11) is 0. The minimum absolute atomic E-state index is 0.0726. The number of hydrogen-bond acceptors (Lipinski definition) is 4. The van der Waals surface area contributed by atoms with Crippen molar-refractivity contribution in [3.63, 3.8) is 0 Å². The van der Waals surface area contributed by atoms with Crippen LogP contribution in [0.2, 0.25) is 0 Å². The number of anilines is 1.